The number of fused-ring (bicyclic) bond motifs is 2. The minimum Gasteiger partial charge on any atom is -0.457 e. The van der Waals surface area contributed by atoms with Crippen LogP contribution in [0.15, 0.2) is 79.8 Å². The van der Waals surface area contributed by atoms with E-state index in [2.05, 4.69) is 0 Å². The molecule has 0 fully saturated rings. The van der Waals surface area contributed by atoms with Gasteiger partial charge in [-0.05, 0) is 61.0 Å². The number of nitrogens with zero attached hydrogens (tertiary/aromatic N) is 2. The quantitative estimate of drug-likeness (QED) is 0.455. The lowest BCUT2D eigenvalue weighted by Gasteiger charge is -2.07. The second kappa shape index (κ2) is 6.63. The fraction of sp³-hybridized carbons (Fsp3) is 0.0833. The highest BCUT2D eigenvalue weighted by Gasteiger charge is 2.19. The molecule has 7 nitrogen and oxygen atoms in total. The molecule has 152 valence electrons. The minimum atomic E-state index is -0.537. The van der Waals surface area contributed by atoms with Crippen LogP contribution < -0.4 is 27.0 Å². The van der Waals surface area contributed by atoms with Gasteiger partial charge in [0.2, 0.25) is 0 Å². The van der Waals surface area contributed by atoms with E-state index in [0.29, 0.717) is 17.2 Å². The molecule has 0 aliphatic heterocycles. The standard InChI is InChI=1S/C24H16N2O5/c1-13-4-3-5-16(10-13)31-15-8-6-14(7-9-15)26-23(29)19-11-17-18(12-20(19)24(26)30)22(28)25(2)21(17)27/h3-12H,1-2H3. The van der Waals surface area contributed by atoms with Gasteiger partial charge >= 0.3 is 0 Å². The summed E-state index contributed by atoms with van der Waals surface area (Å²) in [6, 6.07) is 16.8. The summed E-state index contributed by atoms with van der Waals surface area (Å²) in [5.41, 5.74) is -0.610. The van der Waals surface area contributed by atoms with Crippen molar-refractivity contribution in [2.75, 3.05) is 0 Å². The minimum absolute atomic E-state index is 0.111. The van der Waals surface area contributed by atoms with Crippen molar-refractivity contribution >= 4 is 21.5 Å². The molecule has 2 aromatic heterocycles. The highest BCUT2D eigenvalue weighted by atomic mass is 16.5. The highest BCUT2D eigenvalue weighted by molar-refractivity contribution is 5.98. The normalized spacial score (nSPS) is 11.4. The molecule has 0 saturated heterocycles. The van der Waals surface area contributed by atoms with E-state index in [-0.39, 0.29) is 21.5 Å². The van der Waals surface area contributed by atoms with Crippen molar-refractivity contribution in [1.29, 1.82) is 0 Å². The predicted octanol–water partition coefficient (Wildman–Crippen LogP) is 2.54. The molecule has 0 bridgehead atoms. The van der Waals surface area contributed by atoms with Crippen molar-refractivity contribution in [1.82, 2.24) is 9.13 Å². The molecular formula is C24H16N2O5. The Labute approximate surface area is 174 Å². The zero-order chi connectivity index (χ0) is 21.9. The van der Waals surface area contributed by atoms with E-state index in [1.54, 1.807) is 24.3 Å². The van der Waals surface area contributed by atoms with Crippen molar-refractivity contribution in [3.05, 3.63) is 108 Å². The molecule has 31 heavy (non-hydrogen) atoms. The van der Waals surface area contributed by atoms with Crippen LogP contribution in [0.4, 0.5) is 0 Å². The fourth-order valence-electron chi connectivity index (χ4n) is 3.81. The number of benzene rings is 3. The second-order valence-electron chi connectivity index (χ2n) is 7.47. The summed E-state index contributed by atoms with van der Waals surface area (Å²) < 4.78 is 7.82. The van der Waals surface area contributed by atoms with Crippen LogP contribution in [0.1, 0.15) is 5.56 Å². The van der Waals surface area contributed by atoms with Gasteiger partial charge in [0.1, 0.15) is 11.5 Å². The first-order valence-corrected chi connectivity index (χ1v) is 9.59. The molecule has 0 atom stereocenters. The fourth-order valence-corrected chi connectivity index (χ4v) is 3.81. The van der Waals surface area contributed by atoms with Crippen molar-refractivity contribution < 1.29 is 4.74 Å². The average Bonchev–Trinajstić information content (AvgIpc) is 3.13. The average molecular weight is 412 g/mol. The topological polar surface area (TPSA) is 87.4 Å². The van der Waals surface area contributed by atoms with E-state index in [9.17, 15) is 19.2 Å². The van der Waals surface area contributed by atoms with Gasteiger partial charge in [0.15, 0.2) is 0 Å². The summed E-state index contributed by atoms with van der Waals surface area (Å²) in [6.45, 7) is 1.97. The van der Waals surface area contributed by atoms with Gasteiger partial charge in [-0.1, -0.05) is 12.1 Å². The summed E-state index contributed by atoms with van der Waals surface area (Å²) in [6.07, 6.45) is 0. The molecule has 5 rings (SSSR count). The van der Waals surface area contributed by atoms with Crippen LogP contribution >= 0.6 is 0 Å². The number of ether oxygens (including phenoxy) is 1. The molecular weight excluding hydrogens is 396 g/mol. The van der Waals surface area contributed by atoms with Crippen LogP contribution in [-0.4, -0.2) is 9.13 Å². The summed E-state index contributed by atoms with van der Waals surface area (Å²) in [7, 11) is 1.37. The zero-order valence-corrected chi connectivity index (χ0v) is 16.7. The Bertz CT molecular complexity index is 1620. The number of hydrogen-bond acceptors (Lipinski definition) is 5. The van der Waals surface area contributed by atoms with Gasteiger partial charge in [-0.2, -0.15) is 0 Å². The maximum absolute atomic E-state index is 13.0. The maximum Gasteiger partial charge on any atom is 0.266 e. The highest BCUT2D eigenvalue weighted by Crippen LogP contribution is 2.23. The first-order chi connectivity index (χ1) is 14.8. The summed E-state index contributed by atoms with van der Waals surface area (Å²) in [5.74, 6) is 1.24. The van der Waals surface area contributed by atoms with Crippen molar-refractivity contribution in [3.8, 4) is 17.2 Å². The van der Waals surface area contributed by atoms with Crippen LogP contribution in [0, 0.1) is 6.92 Å². The molecule has 0 saturated carbocycles. The Morgan fingerprint density at radius 1 is 0.645 bits per heavy atom. The lowest BCUT2D eigenvalue weighted by molar-refractivity contribution is 0.482. The summed E-state index contributed by atoms with van der Waals surface area (Å²) in [4.78, 5) is 50.4. The first-order valence-electron chi connectivity index (χ1n) is 9.59. The number of rotatable bonds is 3. The van der Waals surface area contributed by atoms with E-state index in [0.717, 1.165) is 14.7 Å². The Balaban J connectivity index is 1.62. The van der Waals surface area contributed by atoms with E-state index in [1.165, 1.54) is 19.2 Å². The Morgan fingerprint density at radius 2 is 1.19 bits per heavy atom. The molecule has 0 unspecified atom stereocenters. The maximum atomic E-state index is 13.0. The number of aryl methyl sites for hydroxylation is 1. The van der Waals surface area contributed by atoms with Crippen LogP contribution in [0.5, 0.6) is 11.5 Å². The number of hydrogen-bond donors (Lipinski definition) is 0. The van der Waals surface area contributed by atoms with E-state index < -0.39 is 22.2 Å². The molecule has 0 aliphatic rings. The van der Waals surface area contributed by atoms with Crippen molar-refractivity contribution in [3.63, 3.8) is 0 Å². The van der Waals surface area contributed by atoms with Gasteiger partial charge < -0.3 is 4.74 Å². The third-order valence-corrected chi connectivity index (χ3v) is 5.41. The van der Waals surface area contributed by atoms with Crippen LogP contribution in [-0.2, 0) is 7.05 Å². The van der Waals surface area contributed by atoms with Crippen molar-refractivity contribution in [2.24, 2.45) is 7.05 Å². The van der Waals surface area contributed by atoms with Crippen LogP contribution in [0.25, 0.3) is 27.2 Å². The third-order valence-electron chi connectivity index (χ3n) is 5.41. The molecule has 0 spiro atoms. The smallest absolute Gasteiger partial charge is 0.266 e. The number of aromatic nitrogens is 2. The summed E-state index contributed by atoms with van der Waals surface area (Å²) in [5, 5.41) is 0.493. The monoisotopic (exact) mass is 412 g/mol. The zero-order valence-electron chi connectivity index (χ0n) is 16.7. The lowest BCUT2D eigenvalue weighted by Crippen LogP contribution is -2.23. The summed E-state index contributed by atoms with van der Waals surface area (Å²) >= 11 is 0. The van der Waals surface area contributed by atoms with E-state index in [1.807, 2.05) is 31.2 Å². The molecule has 2 heterocycles. The molecule has 0 N–H and O–H groups in total. The van der Waals surface area contributed by atoms with Gasteiger partial charge in [-0.3, -0.25) is 23.7 Å². The lowest BCUT2D eigenvalue weighted by atomic mass is 10.1. The van der Waals surface area contributed by atoms with Gasteiger partial charge in [0.05, 0.1) is 27.2 Å². The molecule has 0 aliphatic carbocycles. The molecule has 7 heteroatoms. The van der Waals surface area contributed by atoms with E-state index in [4.69, 9.17) is 4.74 Å². The Morgan fingerprint density at radius 3 is 1.74 bits per heavy atom. The van der Waals surface area contributed by atoms with Crippen LogP contribution in [0.3, 0.4) is 0 Å². The van der Waals surface area contributed by atoms with Gasteiger partial charge in [0.25, 0.3) is 22.2 Å². The van der Waals surface area contributed by atoms with Gasteiger partial charge in [-0.25, -0.2) is 4.57 Å². The molecule has 5 aromatic rings. The predicted molar refractivity (Wildman–Crippen MR) is 118 cm³/mol. The molecule has 0 amide bonds. The van der Waals surface area contributed by atoms with E-state index >= 15 is 0 Å². The Hall–Kier alpha value is -4.26. The SMILES string of the molecule is Cc1cccc(Oc2ccc(-n3c(=O)c4cc5c(=O)n(C)c(=O)c5cc4c3=O)cc2)c1. The molecule has 3 aromatic carbocycles. The largest absolute Gasteiger partial charge is 0.457 e. The van der Waals surface area contributed by atoms with Crippen molar-refractivity contribution in [2.45, 2.75) is 6.92 Å². The first kappa shape index (κ1) is 18.7. The second-order valence-corrected chi connectivity index (χ2v) is 7.47. The third kappa shape index (κ3) is 2.82. The Kier molecular flexibility index (Phi) is 4.01. The van der Waals surface area contributed by atoms with Gasteiger partial charge in [-0.15, -0.1) is 0 Å². The molecule has 0 radical (unpaired) electrons. The van der Waals surface area contributed by atoms with Crippen LogP contribution in [0.2, 0.25) is 0 Å². The van der Waals surface area contributed by atoms with Gasteiger partial charge in [0, 0.05) is 7.05 Å².